The number of carbonyl (C=O) groups is 2. The molecule has 2 aliphatic rings. The van der Waals surface area contributed by atoms with Gasteiger partial charge in [0.15, 0.2) is 6.61 Å². The average Bonchev–Trinajstić information content (AvgIpc) is 2.88. The van der Waals surface area contributed by atoms with Gasteiger partial charge in [-0.2, -0.15) is 0 Å². The zero-order valence-electron chi connectivity index (χ0n) is 20.6. The zero-order valence-corrected chi connectivity index (χ0v) is 21.4. The molecule has 0 aliphatic carbocycles. The van der Waals surface area contributed by atoms with E-state index < -0.39 is 0 Å². The van der Waals surface area contributed by atoms with Crippen molar-refractivity contribution in [3.8, 4) is 11.5 Å². The molecule has 4 rings (SSSR count). The normalized spacial score (nSPS) is 18.1. The Kier molecular flexibility index (Phi) is 8.69. The molecule has 7 nitrogen and oxygen atoms in total. The number of carbonyl (C=O) groups excluding carboxylic acids is 2. The molecular formula is C27H33ClFN3O4. The molecule has 36 heavy (non-hydrogen) atoms. The van der Waals surface area contributed by atoms with Crippen molar-refractivity contribution in [1.82, 2.24) is 14.7 Å². The Hall–Kier alpha value is -2.84. The Morgan fingerprint density at radius 2 is 1.56 bits per heavy atom. The molecule has 0 aromatic heterocycles. The van der Waals surface area contributed by atoms with Crippen LogP contribution in [0.15, 0.2) is 48.5 Å². The van der Waals surface area contributed by atoms with E-state index >= 15 is 0 Å². The molecule has 0 radical (unpaired) electrons. The zero-order chi connectivity index (χ0) is 25.5. The number of piperazine rings is 1. The van der Waals surface area contributed by atoms with Gasteiger partial charge in [-0.25, -0.2) is 4.39 Å². The molecule has 0 spiro atoms. The number of likely N-dealkylation sites (tertiary alicyclic amines) is 1. The number of likely N-dealkylation sites (N-methyl/N-ethyl adjacent to an activating group) is 1. The molecule has 9 heteroatoms. The van der Waals surface area contributed by atoms with Gasteiger partial charge in [0.1, 0.15) is 17.3 Å². The number of nitrogens with zero attached hydrogens (tertiary/aromatic N) is 3. The minimum atomic E-state index is -0.378. The minimum absolute atomic E-state index is 0.113. The Labute approximate surface area is 216 Å². The maximum Gasteiger partial charge on any atom is 0.260 e. The van der Waals surface area contributed by atoms with E-state index in [2.05, 4.69) is 11.9 Å². The molecule has 2 saturated heterocycles. The SMILES string of the molecule is CN1CCN(C(=O)CC2(COc3cccc(Cl)c3)CCN(C(=O)COc3ccc(F)cc3)CC2)CC1. The number of hydrogen-bond acceptors (Lipinski definition) is 5. The van der Waals surface area contributed by atoms with E-state index in [9.17, 15) is 14.0 Å². The fraction of sp³-hybridized carbons (Fsp3) is 0.481. The molecule has 0 saturated carbocycles. The Morgan fingerprint density at radius 1 is 0.889 bits per heavy atom. The fourth-order valence-electron chi connectivity index (χ4n) is 4.65. The van der Waals surface area contributed by atoms with Gasteiger partial charge >= 0.3 is 0 Å². The number of amides is 2. The maximum absolute atomic E-state index is 13.2. The summed E-state index contributed by atoms with van der Waals surface area (Å²) in [5.74, 6) is 0.766. The molecule has 2 heterocycles. The van der Waals surface area contributed by atoms with Gasteiger partial charge in [-0.15, -0.1) is 0 Å². The third-order valence-electron chi connectivity index (χ3n) is 7.08. The molecule has 0 bridgehead atoms. The molecule has 2 fully saturated rings. The molecule has 194 valence electrons. The van der Waals surface area contributed by atoms with Crippen molar-refractivity contribution in [2.24, 2.45) is 5.41 Å². The maximum atomic E-state index is 13.2. The third-order valence-corrected chi connectivity index (χ3v) is 7.31. The van der Waals surface area contributed by atoms with Crippen LogP contribution in [-0.2, 0) is 9.59 Å². The molecule has 0 N–H and O–H groups in total. The first kappa shape index (κ1) is 26.2. The Bertz CT molecular complexity index is 1040. The van der Waals surface area contributed by atoms with Crippen LogP contribution in [0, 0.1) is 11.2 Å². The Morgan fingerprint density at radius 3 is 2.22 bits per heavy atom. The number of ether oxygens (including phenoxy) is 2. The smallest absolute Gasteiger partial charge is 0.260 e. The van der Waals surface area contributed by atoms with Crippen LogP contribution in [0.1, 0.15) is 19.3 Å². The lowest BCUT2D eigenvalue weighted by atomic mass is 9.75. The molecule has 2 aliphatic heterocycles. The van der Waals surface area contributed by atoms with Gasteiger partial charge in [-0.3, -0.25) is 9.59 Å². The lowest BCUT2D eigenvalue weighted by Gasteiger charge is -2.42. The third kappa shape index (κ3) is 7.11. The van der Waals surface area contributed by atoms with E-state index in [4.69, 9.17) is 21.1 Å². The molecule has 2 amide bonds. The number of piperidine rings is 1. The van der Waals surface area contributed by atoms with Gasteiger partial charge in [0.2, 0.25) is 5.91 Å². The molecular weight excluding hydrogens is 485 g/mol. The van der Waals surface area contributed by atoms with Gasteiger partial charge in [-0.1, -0.05) is 17.7 Å². The number of rotatable bonds is 8. The molecule has 0 atom stereocenters. The van der Waals surface area contributed by atoms with Crippen LogP contribution in [0.5, 0.6) is 11.5 Å². The van der Waals surface area contributed by atoms with E-state index in [1.807, 2.05) is 17.0 Å². The van der Waals surface area contributed by atoms with Crippen molar-refractivity contribution in [2.45, 2.75) is 19.3 Å². The molecule has 2 aromatic carbocycles. The van der Waals surface area contributed by atoms with Crippen molar-refractivity contribution < 1.29 is 23.5 Å². The number of halogens is 2. The predicted octanol–water partition coefficient (Wildman–Crippen LogP) is 3.71. The monoisotopic (exact) mass is 517 g/mol. The first-order chi connectivity index (χ1) is 17.3. The van der Waals surface area contributed by atoms with E-state index in [0.717, 1.165) is 26.2 Å². The number of hydrogen-bond donors (Lipinski definition) is 0. The van der Waals surface area contributed by atoms with Crippen molar-refractivity contribution in [1.29, 1.82) is 0 Å². The van der Waals surface area contributed by atoms with Crippen LogP contribution >= 0.6 is 11.6 Å². The van der Waals surface area contributed by atoms with Gasteiger partial charge in [0, 0.05) is 56.1 Å². The summed E-state index contributed by atoms with van der Waals surface area (Å²) in [7, 11) is 2.06. The average molecular weight is 518 g/mol. The minimum Gasteiger partial charge on any atom is -0.493 e. The second kappa shape index (κ2) is 11.9. The van der Waals surface area contributed by atoms with Gasteiger partial charge < -0.3 is 24.2 Å². The van der Waals surface area contributed by atoms with Crippen molar-refractivity contribution in [2.75, 3.05) is 59.5 Å². The highest BCUT2D eigenvalue weighted by Gasteiger charge is 2.40. The van der Waals surface area contributed by atoms with E-state index in [0.29, 0.717) is 55.5 Å². The second-order valence-corrected chi connectivity index (χ2v) is 10.2. The van der Waals surface area contributed by atoms with Crippen LogP contribution < -0.4 is 9.47 Å². The lowest BCUT2D eigenvalue weighted by molar-refractivity contribution is -0.140. The first-order valence-electron chi connectivity index (χ1n) is 12.3. The van der Waals surface area contributed by atoms with E-state index in [1.54, 1.807) is 17.0 Å². The van der Waals surface area contributed by atoms with Gasteiger partial charge in [0.05, 0.1) is 6.61 Å². The summed E-state index contributed by atoms with van der Waals surface area (Å²) in [5.41, 5.74) is -0.378. The summed E-state index contributed by atoms with van der Waals surface area (Å²) >= 11 is 6.12. The lowest BCUT2D eigenvalue weighted by Crippen LogP contribution is -2.51. The van der Waals surface area contributed by atoms with Gasteiger partial charge in [-0.05, 0) is 62.4 Å². The van der Waals surface area contributed by atoms with Crippen LogP contribution in [0.2, 0.25) is 5.02 Å². The van der Waals surface area contributed by atoms with Crippen LogP contribution in [0.4, 0.5) is 4.39 Å². The van der Waals surface area contributed by atoms with Crippen LogP contribution in [-0.4, -0.2) is 86.0 Å². The summed E-state index contributed by atoms with van der Waals surface area (Å²) in [5, 5.41) is 0.594. The molecule has 0 unspecified atom stereocenters. The fourth-order valence-corrected chi connectivity index (χ4v) is 4.83. The second-order valence-electron chi connectivity index (χ2n) is 9.73. The summed E-state index contributed by atoms with van der Waals surface area (Å²) < 4.78 is 24.8. The van der Waals surface area contributed by atoms with E-state index in [-0.39, 0.29) is 29.7 Å². The summed E-state index contributed by atoms with van der Waals surface area (Å²) in [6.07, 6.45) is 1.68. The summed E-state index contributed by atoms with van der Waals surface area (Å²) in [4.78, 5) is 31.9. The summed E-state index contributed by atoms with van der Waals surface area (Å²) in [6.45, 7) is 4.49. The van der Waals surface area contributed by atoms with Crippen molar-refractivity contribution >= 4 is 23.4 Å². The highest BCUT2D eigenvalue weighted by atomic mass is 35.5. The van der Waals surface area contributed by atoms with Gasteiger partial charge in [0.25, 0.3) is 5.91 Å². The van der Waals surface area contributed by atoms with Crippen LogP contribution in [0.25, 0.3) is 0 Å². The topological polar surface area (TPSA) is 62.3 Å². The standard InChI is InChI=1S/C27H33ClFN3O4/c1-30-13-15-32(16-14-30)25(33)18-27(20-36-24-4-2-3-21(28)17-24)9-11-31(12-10-27)26(34)19-35-23-7-5-22(29)6-8-23/h2-8,17H,9-16,18-20H2,1H3. The Balaban J connectivity index is 1.37. The van der Waals surface area contributed by atoms with Crippen molar-refractivity contribution in [3.63, 3.8) is 0 Å². The summed E-state index contributed by atoms with van der Waals surface area (Å²) in [6, 6.07) is 12.8. The largest absolute Gasteiger partial charge is 0.493 e. The highest BCUT2D eigenvalue weighted by molar-refractivity contribution is 6.30. The number of benzene rings is 2. The quantitative estimate of drug-likeness (QED) is 0.534. The van der Waals surface area contributed by atoms with Crippen molar-refractivity contribution in [3.05, 3.63) is 59.4 Å². The van der Waals surface area contributed by atoms with Crippen LogP contribution in [0.3, 0.4) is 0 Å². The predicted molar refractivity (Wildman–Crippen MR) is 136 cm³/mol. The van der Waals surface area contributed by atoms with E-state index in [1.165, 1.54) is 24.3 Å². The molecule has 2 aromatic rings. The first-order valence-corrected chi connectivity index (χ1v) is 12.7. The highest BCUT2D eigenvalue weighted by Crippen LogP contribution is 2.37.